The molecular formula is C15H20N2O4S2. The average molecular weight is 356 g/mol. The van der Waals surface area contributed by atoms with E-state index in [2.05, 4.69) is 5.32 Å². The average Bonchev–Trinajstić information content (AvgIpc) is 2.45. The Labute approximate surface area is 138 Å². The Morgan fingerprint density at radius 1 is 1.30 bits per heavy atom. The molecule has 1 N–H and O–H groups in total. The van der Waals surface area contributed by atoms with Crippen LogP contribution >= 0.6 is 0 Å². The number of benzene rings is 1. The summed E-state index contributed by atoms with van der Waals surface area (Å²) in [5, 5.41) is 2.73. The van der Waals surface area contributed by atoms with E-state index in [0.29, 0.717) is 30.0 Å². The second-order valence-corrected chi connectivity index (χ2v) is 9.94. The van der Waals surface area contributed by atoms with Crippen LogP contribution in [0.25, 0.3) is 0 Å². The molecule has 0 radical (unpaired) electrons. The maximum atomic E-state index is 13.0. The fraction of sp³-hybridized carbons (Fsp3) is 0.533. The van der Waals surface area contributed by atoms with Crippen LogP contribution in [-0.2, 0) is 27.2 Å². The summed E-state index contributed by atoms with van der Waals surface area (Å²) in [5.41, 5.74) is 0.586. The van der Waals surface area contributed by atoms with Gasteiger partial charge in [-0.3, -0.25) is 9.00 Å². The van der Waals surface area contributed by atoms with Crippen molar-refractivity contribution in [2.45, 2.75) is 30.7 Å². The lowest BCUT2D eigenvalue weighted by Gasteiger charge is -2.40. The Morgan fingerprint density at radius 3 is 2.74 bits per heavy atom. The highest BCUT2D eigenvalue weighted by atomic mass is 32.2. The van der Waals surface area contributed by atoms with E-state index in [-0.39, 0.29) is 17.3 Å². The van der Waals surface area contributed by atoms with Crippen LogP contribution in [0.1, 0.15) is 29.8 Å². The molecule has 23 heavy (non-hydrogen) atoms. The number of nitrogens with zero attached hydrogens (tertiary/aromatic N) is 1. The fourth-order valence-corrected chi connectivity index (χ4v) is 6.63. The van der Waals surface area contributed by atoms with Crippen molar-refractivity contribution in [2.24, 2.45) is 0 Å². The first-order valence-corrected chi connectivity index (χ1v) is 10.4. The van der Waals surface area contributed by atoms with Gasteiger partial charge in [-0.1, -0.05) is 6.07 Å². The highest BCUT2D eigenvalue weighted by molar-refractivity contribution is 7.89. The van der Waals surface area contributed by atoms with E-state index >= 15 is 0 Å². The van der Waals surface area contributed by atoms with Crippen LogP contribution < -0.4 is 5.32 Å². The van der Waals surface area contributed by atoms with Crippen molar-refractivity contribution in [3.63, 3.8) is 0 Å². The summed E-state index contributed by atoms with van der Waals surface area (Å²) < 4.78 is 39.2. The van der Waals surface area contributed by atoms with Gasteiger partial charge in [-0.05, 0) is 38.0 Å². The summed E-state index contributed by atoms with van der Waals surface area (Å²) in [6.45, 7) is 4.37. The van der Waals surface area contributed by atoms with Crippen molar-refractivity contribution in [1.82, 2.24) is 9.62 Å². The quantitative estimate of drug-likeness (QED) is 0.837. The molecule has 0 aromatic heterocycles. The first kappa shape index (κ1) is 16.6. The third-order valence-electron chi connectivity index (χ3n) is 4.31. The van der Waals surface area contributed by atoms with E-state index in [1.165, 1.54) is 10.4 Å². The predicted octanol–water partition coefficient (Wildman–Crippen LogP) is 0.504. The van der Waals surface area contributed by atoms with Gasteiger partial charge in [-0.2, -0.15) is 4.31 Å². The van der Waals surface area contributed by atoms with Crippen LogP contribution in [0.2, 0.25) is 0 Å². The van der Waals surface area contributed by atoms with Gasteiger partial charge in [-0.15, -0.1) is 0 Å². The molecule has 1 aromatic rings. The van der Waals surface area contributed by atoms with Gasteiger partial charge >= 0.3 is 0 Å². The number of amides is 1. The molecule has 2 aliphatic rings. The number of hydrogen-bond acceptors (Lipinski definition) is 4. The van der Waals surface area contributed by atoms with Crippen LogP contribution in [0.15, 0.2) is 23.1 Å². The van der Waals surface area contributed by atoms with E-state index < -0.39 is 26.4 Å². The van der Waals surface area contributed by atoms with Gasteiger partial charge in [0.2, 0.25) is 10.0 Å². The molecule has 8 heteroatoms. The molecule has 3 rings (SSSR count). The Morgan fingerprint density at radius 2 is 2.04 bits per heavy atom. The number of carbonyl (C=O) groups is 1. The smallest absolute Gasteiger partial charge is 0.251 e. The Bertz CT molecular complexity index is 787. The Hall–Kier alpha value is -1.25. The van der Waals surface area contributed by atoms with Crippen LogP contribution in [-0.4, -0.2) is 53.0 Å². The van der Waals surface area contributed by atoms with Gasteiger partial charge in [-0.25, -0.2) is 8.42 Å². The summed E-state index contributed by atoms with van der Waals surface area (Å²) in [5.74, 6) is 0.425. The van der Waals surface area contributed by atoms with Gasteiger partial charge in [0, 0.05) is 46.5 Å². The maximum absolute atomic E-state index is 13.0. The van der Waals surface area contributed by atoms with Crippen LogP contribution in [0, 0.1) is 0 Å². The molecule has 126 valence electrons. The van der Waals surface area contributed by atoms with Crippen molar-refractivity contribution in [3.05, 3.63) is 29.3 Å². The zero-order chi connectivity index (χ0) is 16.8. The van der Waals surface area contributed by atoms with Crippen LogP contribution in [0.5, 0.6) is 0 Å². The van der Waals surface area contributed by atoms with Crippen molar-refractivity contribution in [1.29, 1.82) is 0 Å². The van der Waals surface area contributed by atoms with Crippen LogP contribution in [0.4, 0.5) is 0 Å². The fourth-order valence-electron chi connectivity index (χ4n) is 3.15. The second kappa shape index (κ2) is 5.68. The molecule has 0 spiro atoms. The zero-order valence-electron chi connectivity index (χ0n) is 13.2. The minimum absolute atomic E-state index is 0.119. The summed E-state index contributed by atoms with van der Waals surface area (Å²) >= 11 is 0. The molecule has 1 aromatic carbocycles. The highest BCUT2D eigenvalue weighted by Crippen LogP contribution is 2.29. The molecule has 1 fully saturated rings. The van der Waals surface area contributed by atoms with E-state index in [9.17, 15) is 17.4 Å². The minimum Gasteiger partial charge on any atom is -0.352 e. The standard InChI is InChI=1S/C15H20N2O4S2/c1-15(2)10-22(19)8-7-17(15)23(20,21)12-4-3-11-5-6-16-14(18)13(11)9-12/h3-4,9H,5-8,10H2,1-2H3,(H,16,18). The van der Waals surface area contributed by atoms with E-state index in [1.54, 1.807) is 26.0 Å². The lowest BCUT2D eigenvalue weighted by molar-refractivity contribution is 0.0945. The first-order valence-electron chi connectivity index (χ1n) is 7.51. The molecule has 1 atom stereocenters. The zero-order valence-corrected chi connectivity index (χ0v) is 14.8. The second-order valence-electron chi connectivity index (χ2n) is 6.50. The number of hydrogen-bond donors (Lipinski definition) is 1. The molecule has 6 nitrogen and oxygen atoms in total. The molecule has 2 heterocycles. The van der Waals surface area contributed by atoms with Crippen molar-refractivity contribution < 1.29 is 17.4 Å². The molecule has 0 aliphatic carbocycles. The largest absolute Gasteiger partial charge is 0.352 e. The summed E-state index contributed by atoms with van der Waals surface area (Å²) in [6.07, 6.45) is 0.704. The molecular weight excluding hydrogens is 336 g/mol. The maximum Gasteiger partial charge on any atom is 0.251 e. The van der Waals surface area contributed by atoms with Gasteiger partial charge in [0.15, 0.2) is 0 Å². The van der Waals surface area contributed by atoms with Crippen molar-refractivity contribution in [2.75, 3.05) is 24.6 Å². The van der Waals surface area contributed by atoms with Gasteiger partial charge < -0.3 is 5.32 Å². The third kappa shape index (κ3) is 2.95. The van der Waals surface area contributed by atoms with Gasteiger partial charge in [0.1, 0.15) is 0 Å². The van der Waals surface area contributed by atoms with E-state index in [0.717, 1.165) is 5.56 Å². The monoisotopic (exact) mass is 356 g/mol. The Balaban J connectivity index is 2.02. The van der Waals surface area contributed by atoms with E-state index in [4.69, 9.17) is 0 Å². The minimum atomic E-state index is -3.73. The molecule has 1 unspecified atom stereocenters. The first-order chi connectivity index (χ1) is 10.7. The molecule has 0 saturated carbocycles. The Kier molecular flexibility index (Phi) is 4.10. The topological polar surface area (TPSA) is 83.6 Å². The van der Waals surface area contributed by atoms with Gasteiger partial charge in [0.05, 0.1) is 4.90 Å². The summed E-state index contributed by atoms with van der Waals surface area (Å²) in [6, 6.07) is 4.74. The molecule has 1 saturated heterocycles. The number of nitrogens with one attached hydrogen (secondary N) is 1. The highest BCUT2D eigenvalue weighted by Gasteiger charge is 2.41. The van der Waals surface area contributed by atoms with Crippen LogP contribution in [0.3, 0.4) is 0 Å². The summed E-state index contributed by atoms with van der Waals surface area (Å²) in [4.78, 5) is 12.1. The van der Waals surface area contributed by atoms with E-state index in [1.807, 2.05) is 0 Å². The third-order valence-corrected chi connectivity index (χ3v) is 8.08. The number of rotatable bonds is 2. The lowest BCUT2D eigenvalue weighted by atomic mass is 10.0. The van der Waals surface area contributed by atoms with Gasteiger partial charge in [0.25, 0.3) is 5.91 Å². The molecule has 1 amide bonds. The number of fused-ring (bicyclic) bond motifs is 1. The predicted molar refractivity (Wildman–Crippen MR) is 88.3 cm³/mol. The normalized spacial score (nSPS) is 24.8. The number of sulfonamides is 1. The number of carbonyl (C=O) groups excluding carboxylic acids is 1. The molecule has 0 bridgehead atoms. The lowest BCUT2D eigenvalue weighted by Crippen LogP contribution is -2.56. The van der Waals surface area contributed by atoms with Crippen molar-refractivity contribution in [3.8, 4) is 0 Å². The summed E-state index contributed by atoms with van der Waals surface area (Å²) in [7, 11) is -4.73. The van der Waals surface area contributed by atoms with Crippen molar-refractivity contribution >= 4 is 26.7 Å². The molecule has 2 aliphatic heterocycles. The SMILES string of the molecule is CC1(C)CS(=O)CCN1S(=O)(=O)c1ccc2c(c1)C(=O)NCC2.